The van der Waals surface area contributed by atoms with E-state index in [2.05, 4.69) is 16.8 Å². The number of likely N-dealkylation sites (tertiary alicyclic amines) is 1. The molecule has 0 aromatic carbocycles. The number of nitrogens with two attached hydrogens (primary N) is 1. The molecule has 6 nitrogen and oxygen atoms in total. The third kappa shape index (κ3) is 3.06. The van der Waals surface area contributed by atoms with Crippen molar-refractivity contribution in [1.82, 2.24) is 14.2 Å². The third-order valence-corrected chi connectivity index (χ3v) is 5.82. The highest BCUT2D eigenvalue weighted by Crippen LogP contribution is 2.21. The van der Waals surface area contributed by atoms with Gasteiger partial charge in [0.25, 0.3) is 0 Å². The molecule has 0 saturated carbocycles. The lowest BCUT2D eigenvalue weighted by Gasteiger charge is -2.27. The van der Waals surface area contributed by atoms with Crippen molar-refractivity contribution in [2.75, 3.05) is 26.7 Å². The molecule has 3 N–H and O–H groups in total. The van der Waals surface area contributed by atoms with Crippen molar-refractivity contribution in [1.29, 1.82) is 0 Å². The van der Waals surface area contributed by atoms with Gasteiger partial charge in [0, 0.05) is 38.1 Å². The molecule has 2 rings (SSSR count). The van der Waals surface area contributed by atoms with Crippen LogP contribution in [0.5, 0.6) is 0 Å². The second-order valence-corrected chi connectivity index (χ2v) is 7.32. The molecule has 20 heavy (non-hydrogen) atoms. The average molecular weight is 300 g/mol. The van der Waals surface area contributed by atoms with E-state index >= 15 is 0 Å². The molecule has 1 fully saturated rings. The Morgan fingerprint density at radius 2 is 2.30 bits per heavy atom. The topological polar surface area (TPSA) is 82.4 Å². The molecule has 0 spiro atoms. The Labute approximate surface area is 121 Å². The average Bonchev–Trinajstić information content (AvgIpc) is 3.07. The van der Waals surface area contributed by atoms with Crippen LogP contribution in [0.1, 0.15) is 25.5 Å². The quantitative estimate of drug-likeness (QED) is 0.805. The van der Waals surface area contributed by atoms with Crippen LogP contribution in [0.3, 0.4) is 0 Å². The van der Waals surface area contributed by atoms with Gasteiger partial charge in [-0.2, -0.15) is 4.31 Å². The molecule has 7 heteroatoms. The van der Waals surface area contributed by atoms with Crippen LogP contribution in [0, 0.1) is 0 Å². The van der Waals surface area contributed by atoms with Gasteiger partial charge in [-0.3, -0.25) is 4.90 Å². The first-order chi connectivity index (χ1) is 9.48. The summed E-state index contributed by atoms with van der Waals surface area (Å²) in [5.74, 6) is 0. The Balaban J connectivity index is 2.09. The van der Waals surface area contributed by atoms with Crippen molar-refractivity contribution < 1.29 is 8.42 Å². The summed E-state index contributed by atoms with van der Waals surface area (Å²) < 4.78 is 26.4. The van der Waals surface area contributed by atoms with Gasteiger partial charge in [0.2, 0.25) is 10.0 Å². The Morgan fingerprint density at radius 1 is 1.55 bits per heavy atom. The van der Waals surface area contributed by atoms with Crippen LogP contribution in [0.4, 0.5) is 0 Å². The lowest BCUT2D eigenvalue weighted by Crippen LogP contribution is -2.41. The molecule has 1 atom stereocenters. The second kappa shape index (κ2) is 6.26. The number of rotatable bonds is 6. The molecule has 1 unspecified atom stereocenters. The zero-order valence-corrected chi connectivity index (χ0v) is 13.0. The van der Waals surface area contributed by atoms with E-state index in [-0.39, 0.29) is 0 Å². The van der Waals surface area contributed by atoms with Crippen LogP contribution in [0.25, 0.3) is 0 Å². The van der Waals surface area contributed by atoms with Gasteiger partial charge in [0.1, 0.15) is 0 Å². The lowest BCUT2D eigenvalue weighted by atomic mass is 10.2. The summed E-state index contributed by atoms with van der Waals surface area (Å²) in [6.45, 7) is 5.01. The maximum atomic E-state index is 12.5. The van der Waals surface area contributed by atoms with E-state index in [9.17, 15) is 8.42 Å². The van der Waals surface area contributed by atoms with Crippen molar-refractivity contribution in [2.45, 2.75) is 37.2 Å². The fraction of sp³-hybridized carbons (Fsp3) is 0.692. The van der Waals surface area contributed by atoms with E-state index in [1.165, 1.54) is 10.5 Å². The lowest BCUT2D eigenvalue weighted by molar-refractivity contribution is 0.237. The maximum absolute atomic E-state index is 12.5. The van der Waals surface area contributed by atoms with Gasteiger partial charge in [-0.15, -0.1) is 0 Å². The van der Waals surface area contributed by atoms with Crippen LogP contribution in [0.15, 0.2) is 17.2 Å². The van der Waals surface area contributed by atoms with Gasteiger partial charge < -0.3 is 10.7 Å². The number of H-pyrrole nitrogens is 1. The molecule has 1 aliphatic heterocycles. The van der Waals surface area contributed by atoms with Crippen molar-refractivity contribution >= 4 is 10.0 Å². The molecule has 1 saturated heterocycles. The minimum Gasteiger partial charge on any atom is -0.363 e. The molecule has 0 bridgehead atoms. The minimum atomic E-state index is -3.43. The zero-order chi connectivity index (χ0) is 14.8. The molecule has 114 valence electrons. The number of nitrogens with one attached hydrogen (secondary N) is 1. The highest BCUT2D eigenvalue weighted by Gasteiger charge is 2.29. The third-order valence-electron chi connectivity index (χ3n) is 4.02. The van der Waals surface area contributed by atoms with Crippen LogP contribution < -0.4 is 5.73 Å². The molecular weight excluding hydrogens is 276 g/mol. The summed E-state index contributed by atoms with van der Waals surface area (Å²) in [6, 6.07) is 1.94. The predicted octanol–water partition coefficient (Wildman–Crippen LogP) is 0.578. The summed E-state index contributed by atoms with van der Waals surface area (Å²) in [5, 5.41) is 0. The summed E-state index contributed by atoms with van der Waals surface area (Å²) in [6.07, 6.45) is 3.73. The van der Waals surface area contributed by atoms with E-state index in [1.54, 1.807) is 13.1 Å². The van der Waals surface area contributed by atoms with Crippen molar-refractivity contribution in [2.24, 2.45) is 5.73 Å². The summed E-state index contributed by atoms with van der Waals surface area (Å²) >= 11 is 0. The first kappa shape index (κ1) is 15.5. The summed E-state index contributed by atoms with van der Waals surface area (Å²) in [5.41, 5.74) is 6.23. The molecule has 1 aromatic heterocycles. The Bertz CT molecular complexity index is 540. The van der Waals surface area contributed by atoms with Crippen LogP contribution in [0.2, 0.25) is 0 Å². The van der Waals surface area contributed by atoms with Gasteiger partial charge in [-0.25, -0.2) is 8.42 Å². The van der Waals surface area contributed by atoms with Crippen LogP contribution >= 0.6 is 0 Å². The molecular formula is C13H24N4O2S. The molecule has 0 radical (unpaired) electrons. The molecule has 1 aliphatic rings. The van der Waals surface area contributed by atoms with E-state index in [0.29, 0.717) is 24.0 Å². The normalized spacial score (nSPS) is 20.9. The number of aromatic nitrogens is 1. The van der Waals surface area contributed by atoms with Crippen molar-refractivity contribution in [3.8, 4) is 0 Å². The Morgan fingerprint density at radius 3 is 2.90 bits per heavy atom. The first-order valence-corrected chi connectivity index (χ1v) is 8.50. The van der Waals surface area contributed by atoms with E-state index in [0.717, 1.165) is 31.6 Å². The number of nitrogens with zero attached hydrogens (tertiary/aromatic N) is 2. The Kier molecular flexibility index (Phi) is 4.85. The number of sulfonamides is 1. The zero-order valence-electron chi connectivity index (χ0n) is 12.2. The van der Waals surface area contributed by atoms with E-state index in [4.69, 9.17) is 5.73 Å². The summed E-state index contributed by atoms with van der Waals surface area (Å²) in [4.78, 5) is 5.52. The SMILES string of the molecule is CCN1CCCC1CN(C)S(=O)(=O)c1c[nH]c(CN)c1. The van der Waals surface area contributed by atoms with Crippen molar-refractivity contribution in [3.63, 3.8) is 0 Å². The smallest absolute Gasteiger partial charge is 0.244 e. The van der Waals surface area contributed by atoms with Gasteiger partial charge in [-0.1, -0.05) is 6.92 Å². The maximum Gasteiger partial charge on any atom is 0.244 e. The molecule has 1 aromatic rings. The van der Waals surface area contributed by atoms with Gasteiger partial charge in [0.05, 0.1) is 4.90 Å². The fourth-order valence-corrected chi connectivity index (χ4v) is 4.01. The highest BCUT2D eigenvalue weighted by atomic mass is 32.2. The monoisotopic (exact) mass is 300 g/mol. The van der Waals surface area contributed by atoms with Crippen molar-refractivity contribution in [3.05, 3.63) is 18.0 Å². The first-order valence-electron chi connectivity index (χ1n) is 7.06. The molecule has 0 aliphatic carbocycles. The number of hydrogen-bond donors (Lipinski definition) is 2. The van der Waals surface area contributed by atoms with Gasteiger partial charge in [0.15, 0.2) is 0 Å². The van der Waals surface area contributed by atoms with E-state index < -0.39 is 10.0 Å². The van der Waals surface area contributed by atoms with Gasteiger partial charge in [-0.05, 0) is 32.0 Å². The fourth-order valence-electron chi connectivity index (χ4n) is 2.78. The van der Waals surface area contributed by atoms with Crippen LogP contribution in [-0.4, -0.2) is 55.3 Å². The van der Waals surface area contributed by atoms with Gasteiger partial charge >= 0.3 is 0 Å². The second-order valence-electron chi connectivity index (χ2n) is 5.27. The van der Waals surface area contributed by atoms with Crippen LogP contribution in [-0.2, 0) is 16.6 Å². The number of aromatic amines is 1. The largest absolute Gasteiger partial charge is 0.363 e. The summed E-state index contributed by atoms with van der Waals surface area (Å²) in [7, 11) is -1.78. The predicted molar refractivity (Wildman–Crippen MR) is 78.8 cm³/mol. The molecule has 2 heterocycles. The molecule has 0 amide bonds. The highest BCUT2D eigenvalue weighted by molar-refractivity contribution is 7.89. The standard InChI is InChI=1S/C13H24N4O2S/c1-3-17-6-4-5-12(17)10-16(2)20(18,19)13-7-11(8-14)15-9-13/h7,9,12,15H,3-6,8,10,14H2,1-2H3. The number of likely N-dealkylation sites (N-methyl/N-ethyl adjacent to an activating group) is 2. The minimum absolute atomic E-state index is 0.293. The number of hydrogen-bond acceptors (Lipinski definition) is 4. The Hall–Kier alpha value is -0.890. The van der Waals surface area contributed by atoms with E-state index in [1.807, 2.05) is 0 Å².